The van der Waals surface area contributed by atoms with Gasteiger partial charge in [-0.2, -0.15) is 0 Å². The van der Waals surface area contributed by atoms with Crippen molar-refractivity contribution in [2.45, 2.75) is 58.7 Å². The van der Waals surface area contributed by atoms with E-state index in [1.165, 1.54) is 0 Å². The Bertz CT molecular complexity index is 248. The summed E-state index contributed by atoms with van der Waals surface area (Å²) < 4.78 is 5.38. The van der Waals surface area contributed by atoms with Gasteiger partial charge in [0.2, 0.25) is 0 Å². The Kier molecular flexibility index (Phi) is 4.19. The maximum atomic E-state index is 11.9. The zero-order valence-corrected chi connectivity index (χ0v) is 11.0. The molecular weight excluding hydrogens is 204 g/mol. The first-order valence-electron chi connectivity index (χ1n) is 6.08. The number of nitrogens with one attached hydrogen (secondary N) is 1. The third kappa shape index (κ3) is 3.37. The molecular formula is C12H24N2O2. The summed E-state index contributed by atoms with van der Waals surface area (Å²) in [7, 11) is 0. The van der Waals surface area contributed by atoms with Crippen LogP contribution >= 0.6 is 0 Å². The van der Waals surface area contributed by atoms with Gasteiger partial charge in [0.05, 0.1) is 0 Å². The van der Waals surface area contributed by atoms with Crippen molar-refractivity contribution in [3.63, 3.8) is 0 Å². The van der Waals surface area contributed by atoms with Gasteiger partial charge >= 0.3 is 6.09 Å². The standard InChI is InChI=1S/C12H24N2O2/c1-6-13-10-7-8-14(9(10)2)11(15)16-12(3,4)5/h9-10,13H,6-8H2,1-5H3/t9?,10-/m1/s1. The molecule has 1 rings (SSSR count). The van der Waals surface area contributed by atoms with Crippen molar-refractivity contribution in [1.29, 1.82) is 0 Å². The topological polar surface area (TPSA) is 41.6 Å². The van der Waals surface area contributed by atoms with Crippen LogP contribution in [0.25, 0.3) is 0 Å². The lowest BCUT2D eigenvalue weighted by Crippen LogP contribution is -2.44. The van der Waals surface area contributed by atoms with Gasteiger partial charge in [-0.3, -0.25) is 0 Å². The number of hydrogen-bond acceptors (Lipinski definition) is 3. The predicted molar refractivity (Wildman–Crippen MR) is 64.5 cm³/mol. The van der Waals surface area contributed by atoms with E-state index < -0.39 is 5.60 Å². The van der Waals surface area contributed by atoms with E-state index in [4.69, 9.17) is 4.74 Å². The minimum absolute atomic E-state index is 0.194. The number of nitrogens with zero attached hydrogens (tertiary/aromatic N) is 1. The Morgan fingerprint density at radius 2 is 2.12 bits per heavy atom. The normalized spacial score (nSPS) is 25.9. The average Bonchev–Trinajstić information content (AvgIpc) is 2.46. The summed E-state index contributed by atoms with van der Waals surface area (Å²) in [6.07, 6.45) is 0.814. The molecule has 1 N–H and O–H groups in total. The molecule has 16 heavy (non-hydrogen) atoms. The molecule has 1 heterocycles. The number of rotatable bonds is 2. The first kappa shape index (κ1) is 13.3. The molecule has 0 radical (unpaired) electrons. The third-order valence-corrected chi connectivity index (χ3v) is 2.85. The first-order chi connectivity index (χ1) is 7.35. The minimum Gasteiger partial charge on any atom is -0.444 e. The van der Waals surface area contributed by atoms with Crippen LogP contribution in [0.5, 0.6) is 0 Å². The maximum Gasteiger partial charge on any atom is 0.410 e. The van der Waals surface area contributed by atoms with Crippen molar-refractivity contribution >= 4 is 6.09 Å². The lowest BCUT2D eigenvalue weighted by Gasteiger charge is -2.28. The van der Waals surface area contributed by atoms with Gasteiger partial charge in [0.25, 0.3) is 0 Å². The van der Waals surface area contributed by atoms with Gasteiger partial charge in [0.1, 0.15) is 5.60 Å². The highest BCUT2D eigenvalue weighted by Gasteiger charge is 2.35. The van der Waals surface area contributed by atoms with E-state index in [2.05, 4.69) is 19.2 Å². The quantitative estimate of drug-likeness (QED) is 0.786. The van der Waals surface area contributed by atoms with Crippen molar-refractivity contribution < 1.29 is 9.53 Å². The summed E-state index contributed by atoms with van der Waals surface area (Å²) in [5.74, 6) is 0. The van der Waals surface area contributed by atoms with E-state index in [1.807, 2.05) is 25.7 Å². The maximum absolute atomic E-state index is 11.9. The van der Waals surface area contributed by atoms with Gasteiger partial charge in [-0.05, 0) is 40.7 Å². The highest BCUT2D eigenvalue weighted by molar-refractivity contribution is 5.69. The van der Waals surface area contributed by atoms with E-state index in [0.717, 1.165) is 19.5 Å². The van der Waals surface area contributed by atoms with Crippen LogP contribution in [0.15, 0.2) is 0 Å². The smallest absolute Gasteiger partial charge is 0.410 e. The van der Waals surface area contributed by atoms with Crippen LogP contribution in [0.3, 0.4) is 0 Å². The number of likely N-dealkylation sites (N-methyl/N-ethyl adjacent to an activating group) is 1. The molecule has 0 aliphatic carbocycles. The number of likely N-dealkylation sites (tertiary alicyclic amines) is 1. The minimum atomic E-state index is -0.410. The molecule has 0 saturated carbocycles. The van der Waals surface area contributed by atoms with Crippen LogP contribution in [0.4, 0.5) is 4.79 Å². The number of carbonyl (C=O) groups is 1. The second-order valence-corrected chi connectivity index (χ2v) is 5.37. The van der Waals surface area contributed by atoms with Crippen LogP contribution in [0, 0.1) is 0 Å². The van der Waals surface area contributed by atoms with E-state index >= 15 is 0 Å². The molecule has 0 bridgehead atoms. The Morgan fingerprint density at radius 1 is 1.50 bits per heavy atom. The molecule has 0 aromatic heterocycles. The molecule has 1 amide bonds. The van der Waals surface area contributed by atoms with Crippen LogP contribution in [0.2, 0.25) is 0 Å². The van der Waals surface area contributed by atoms with Crippen LogP contribution in [0.1, 0.15) is 41.0 Å². The Balaban J connectivity index is 2.53. The van der Waals surface area contributed by atoms with E-state index in [9.17, 15) is 4.79 Å². The Labute approximate surface area is 98.3 Å². The van der Waals surface area contributed by atoms with Crippen LogP contribution in [-0.4, -0.2) is 41.8 Å². The second-order valence-electron chi connectivity index (χ2n) is 5.37. The van der Waals surface area contributed by atoms with Crippen LogP contribution in [-0.2, 0) is 4.74 Å². The van der Waals surface area contributed by atoms with Gasteiger partial charge in [0, 0.05) is 18.6 Å². The third-order valence-electron chi connectivity index (χ3n) is 2.85. The summed E-state index contributed by atoms with van der Waals surface area (Å²) in [4.78, 5) is 13.7. The molecule has 1 aliphatic heterocycles. The SMILES string of the molecule is CCN[C@@H]1CCN(C(=O)OC(C)(C)C)C1C. The largest absolute Gasteiger partial charge is 0.444 e. The fraction of sp³-hybridized carbons (Fsp3) is 0.917. The molecule has 4 nitrogen and oxygen atoms in total. The molecule has 0 spiro atoms. The number of carbonyl (C=O) groups excluding carboxylic acids is 1. The zero-order valence-electron chi connectivity index (χ0n) is 11.0. The van der Waals surface area contributed by atoms with Crippen molar-refractivity contribution in [1.82, 2.24) is 10.2 Å². The lowest BCUT2D eigenvalue weighted by molar-refractivity contribution is 0.0230. The monoisotopic (exact) mass is 228 g/mol. The van der Waals surface area contributed by atoms with Crippen molar-refractivity contribution in [2.24, 2.45) is 0 Å². The molecule has 4 heteroatoms. The number of ether oxygens (including phenoxy) is 1. The lowest BCUT2D eigenvalue weighted by atomic mass is 10.1. The Hall–Kier alpha value is -0.770. The molecule has 1 unspecified atom stereocenters. The number of amides is 1. The molecule has 2 atom stereocenters. The first-order valence-corrected chi connectivity index (χ1v) is 6.08. The summed E-state index contributed by atoms with van der Waals surface area (Å²) in [5, 5.41) is 3.39. The fourth-order valence-corrected chi connectivity index (χ4v) is 2.05. The highest BCUT2D eigenvalue weighted by Crippen LogP contribution is 2.20. The van der Waals surface area contributed by atoms with Crippen LogP contribution < -0.4 is 5.32 Å². The number of hydrogen-bond donors (Lipinski definition) is 1. The van der Waals surface area contributed by atoms with Crippen molar-refractivity contribution in [3.05, 3.63) is 0 Å². The van der Waals surface area contributed by atoms with Crippen molar-refractivity contribution in [2.75, 3.05) is 13.1 Å². The summed E-state index contributed by atoms with van der Waals surface area (Å²) >= 11 is 0. The highest BCUT2D eigenvalue weighted by atomic mass is 16.6. The predicted octanol–water partition coefficient (Wildman–Crippen LogP) is 1.99. The molecule has 1 aliphatic rings. The van der Waals surface area contributed by atoms with Gasteiger partial charge in [-0.1, -0.05) is 6.92 Å². The van der Waals surface area contributed by atoms with Crippen molar-refractivity contribution in [3.8, 4) is 0 Å². The average molecular weight is 228 g/mol. The summed E-state index contributed by atoms with van der Waals surface area (Å²) in [6, 6.07) is 0.618. The summed E-state index contributed by atoms with van der Waals surface area (Å²) in [5.41, 5.74) is -0.410. The van der Waals surface area contributed by atoms with Gasteiger partial charge < -0.3 is 15.0 Å². The van der Waals surface area contributed by atoms with Gasteiger partial charge in [0.15, 0.2) is 0 Å². The summed E-state index contributed by atoms with van der Waals surface area (Å²) in [6.45, 7) is 11.6. The molecule has 1 fully saturated rings. The van der Waals surface area contributed by atoms with Gasteiger partial charge in [-0.15, -0.1) is 0 Å². The Morgan fingerprint density at radius 3 is 2.62 bits per heavy atom. The van der Waals surface area contributed by atoms with E-state index in [1.54, 1.807) is 0 Å². The molecule has 1 saturated heterocycles. The molecule has 0 aromatic rings. The van der Waals surface area contributed by atoms with Gasteiger partial charge in [-0.25, -0.2) is 4.79 Å². The molecule has 0 aromatic carbocycles. The fourth-order valence-electron chi connectivity index (χ4n) is 2.05. The molecule has 94 valence electrons. The zero-order chi connectivity index (χ0) is 12.3. The van der Waals surface area contributed by atoms with E-state index in [-0.39, 0.29) is 12.1 Å². The van der Waals surface area contributed by atoms with E-state index in [0.29, 0.717) is 6.04 Å². The second kappa shape index (κ2) is 5.04.